The number of nitrogens with one attached hydrogen (secondary N) is 1. The molecule has 3 nitrogen and oxygen atoms in total. The summed E-state index contributed by atoms with van der Waals surface area (Å²) in [6.45, 7) is 8.53. The normalized spacial score (nSPS) is 15.9. The van der Waals surface area contributed by atoms with Crippen LogP contribution < -0.4 is 5.32 Å². The van der Waals surface area contributed by atoms with Crippen molar-refractivity contribution in [1.29, 1.82) is 0 Å². The highest BCUT2D eigenvalue weighted by Gasteiger charge is 2.08. The first-order valence-corrected chi connectivity index (χ1v) is 11.6. The number of hydrogen-bond acceptors (Lipinski definition) is 3. The van der Waals surface area contributed by atoms with Gasteiger partial charge >= 0.3 is 0 Å². The third kappa shape index (κ3) is 15.8. The van der Waals surface area contributed by atoms with Crippen LogP contribution in [0.25, 0.3) is 0 Å². The van der Waals surface area contributed by atoms with Crippen LogP contribution in [-0.4, -0.2) is 44.4 Å². The van der Waals surface area contributed by atoms with E-state index in [1.165, 1.54) is 89.9 Å². The van der Waals surface area contributed by atoms with Crippen molar-refractivity contribution in [2.24, 2.45) is 0 Å². The average molecular weight is 367 g/mol. The molecule has 154 valence electrons. The van der Waals surface area contributed by atoms with E-state index in [-0.39, 0.29) is 0 Å². The minimum atomic E-state index is 0.826. The standard InChI is InChI=1S/C23H46N2O/c1-2-3-4-5-6-7-8-9-10-11-12-13-14-15-16-17-22-26-23-25-20-18-24-19-21-25/h9-10,24H,2-8,11-23H2,1H3/b10-9-. The molecule has 1 aliphatic heterocycles. The van der Waals surface area contributed by atoms with E-state index in [4.69, 9.17) is 4.74 Å². The second kappa shape index (κ2) is 19.4. The molecule has 0 spiro atoms. The monoisotopic (exact) mass is 366 g/mol. The van der Waals surface area contributed by atoms with E-state index in [0.717, 1.165) is 39.5 Å². The molecule has 0 aromatic rings. The van der Waals surface area contributed by atoms with E-state index in [2.05, 4.69) is 29.3 Å². The van der Waals surface area contributed by atoms with Crippen molar-refractivity contribution >= 4 is 0 Å². The largest absolute Gasteiger partial charge is 0.366 e. The summed E-state index contributed by atoms with van der Waals surface area (Å²) in [5.41, 5.74) is 0. The molecule has 1 N–H and O–H groups in total. The third-order valence-corrected chi connectivity index (χ3v) is 5.28. The Bertz CT molecular complexity index is 301. The number of nitrogens with zero attached hydrogens (tertiary/aromatic N) is 1. The summed E-state index contributed by atoms with van der Waals surface area (Å²) in [5, 5.41) is 3.37. The molecule has 0 bridgehead atoms. The quantitative estimate of drug-likeness (QED) is 0.241. The van der Waals surface area contributed by atoms with Crippen LogP contribution >= 0.6 is 0 Å². The predicted octanol–water partition coefficient (Wildman–Crippen LogP) is 5.90. The van der Waals surface area contributed by atoms with Gasteiger partial charge in [0.25, 0.3) is 0 Å². The molecule has 0 aromatic carbocycles. The Morgan fingerprint density at radius 1 is 0.731 bits per heavy atom. The van der Waals surface area contributed by atoms with Crippen LogP contribution in [0, 0.1) is 0 Å². The molecule has 0 amide bonds. The first kappa shape index (κ1) is 23.7. The molecule has 1 aliphatic rings. The van der Waals surface area contributed by atoms with Gasteiger partial charge in [-0.3, -0.25) is 4.90 Å². The van der Waals surface area contributed by atoms with Crippen LogP contribution in [0.1, 0.15) is 96.8 Å². The van der Waals surface area contributed by atoms with Crippen LogP contribution in [0.4, 0.5) is 0 Å². The maximum Gasteiger partial charge on any atom is 0.0991 e. The maximum atomic E-state index is 5.78. The second-order valence-electron chi connectivity index (χ2n) is 7.84. The lowest BCUT2D eigenvalue weighted by molar-refractivity contribution is 0.0209. The van der Waals surface area contributed by atoms with Gasteiger partial charge in [-0.05, 0) is 32.1 Å². The Morgan fingerprint density at radius 2 is 1.27 bits per heavy atom. The molecule has 0 aromatic heterocycles. The van der Waals surface area contributed by atoms with Gasteiger partial charge in [-0.1, -0.05) is 76.9 Å². The van der Waals surface area contributed by atoms with Crippen molar-refractivity contribution < 1.29 is 4.74 Å². The first-order chi connectivity index (χ1) is 12.9. The molecule has 0 radical (unpaired) electrons. The van der Waals surface area contributed by atoms with Crippen LogP contribution in [0.5, 0.6) is 0 Å². The van der Waals surface area contributed by atoms with Crippen LogP contribution in [0.15, 0.2) is 12.2 Å². The SMILES string of the molecule is CCCCCCCC/C=C\CCCCCCCCOCN1CCNCC1. The second-order valence-corrected chi connectivity index (χ2v) is 7.84. The highest BCUT2D eigenvalue weighted by atomic mass is 16.5. The summed E-state index contributed by atoms with van der Waals surface area (Å²) >= 11 is 0. The van der Waals surface area contributed by atoms with Gasteiger partial charge in [0.1, 0.15) is 0 Å². The van der Waals surface area contributed by atoms with Crippen LogP contribution in [0.3, 0.4) is 0 Å². The minimum absolute atomic E-state index is 0.826. The van der Waals surface area contributed by atoms with Crippen molar-refractivity contribution in [3.05, 3.63) is 12.2 Å². The van der Waals surface area contributed by atoms with Gasteiger partial charge < -0.3 is 10.1 Å². The lowest BCUT2D eigenvalue weighted by Gasteiger charge is -2.26. The van der Waals surface area contributed by atoms with Crippen LogP contribution in [-0.2, 0) is 4.74 Å². The predicted molar refractivity (Wildman–Crippen MR) is 115 cm³/mol. The maximum absolute atomic E-state index is 5.78. The highest BCUT2D eigenvalue weighted by molar-refractivity contribution is 4.81. The van der Waals surface area contributed by atoms with E-state index in [1.54, 1.807) is 0 Å². The third-order valence-electron chi connectivity index (χ3n) is 5.28. The van der Waals surface area contributed by atoms with Crippen molar-refractivity contribution in [2.45, 2.75) is 96.8 Å². The molecular formula is C23H46N2O. The number of rotatable bonds is 18. The van der Waals surface area contributed by atoms with Gasteiger partial charge in [-0.15, -0.1) is 0 Å². The highest BCUT2D eigenvalue weighted by Crippen LogP contribution is 2.10. The zero-order valence-corrected chi connectivity index (χ0v) is 17.7. The number of hydrogen-bond donors (Lipinski definition) is 1. The molecule has 0 unspecified atom stereocenters. The Morgan fingerprint density at radius 3 is 1.88 bits per heavy atom. The summed E-state index contributed by atoms with van der Waals surface area (Å²) < 4.78 is 5.78. The molecule has 0 aliphatic carbocycles. The topological polar surface area (TPSA) is 24.5 Å². The Hall–Kier alpha value is -0.380. The van der Waals surface area contributed by atoms with Gasteiger partial charge in [0.05, 0.1) is 6.73 Å². The summed E-state index contributed by atoms with van der Waals surface area (Å²) in [5.74, 6) is 0. The van der Waals surface area contributed by atoms with Crippen LogP contribution in [0.2, 0.25) is 0 Å². The van der Waals surface area contributed by atoms with Gasteiger partial charge in [0, 0.05) is 32.8 Å². The van der Waals surface area contributed by atoms with Gasteiger partial charge in [-0.2, -0.15) is 0 Å². The number of allylic oxidation sites excluding steroid dienone is 2. The Kier molecular flexibility index (Phi) is 17.6. The van der Waals surface area contributed by atoms with Gasteiger partial charge in [0.2, 0.25) is 0 Å². The van der Waals surface area contributed by atoms with E-state index in [9.17, 15) is 0 Å². The zero-order valence-electron chi connectivity index (χ0n) is 17.7. The molecule has 0 atom stereocenters. The molecule has 3 heteroatoms. The zero-order chi connectivity index (χ0) is 18.5. The van der Waals surface area contributed by atoms with Crippen molar-refractivity contribution in [1.82, 2.24) is 10.2 Å². The van der Waals surface area contributed by atoms with Crippen molar-refractivity contribution in [2.75, 3.05) is 39.5 Å². The fraction of sp³-hybridized carbons (Fsp3) is 0.913. The van der Waals surface area contributed by atoms with E-state index >= 15 is 0 Å². The molecule has 1 rings (SSSR count). The number of piperazine rings is 1. The van der Waals surface area contributed by atoms with E-state index < -0.39 is 0 Å². The Labute approximate surface area is 163 Å². The van der Waals surface area contributed by atoms with Gasteiger partial charge in [-0.25, -0.2) is 0 Å². The summed E-state index contributed by atoms with van der Waals surface area (Å²) in [6.07, 6.45) is 23.9. The molecule has 1 fully saturated rings. The van der Waals surface area contributed by atoms with E-state index in [1.807, 2.05) is 0 Å². The molecule has 26 heavy (non-hydrogen) atoms. The average Bonchev–Trinajstić information content (AvgIpc) is 2.68. The molecule has 1 heterocycles. The molecular weight excluding hydrogens is 320 g/mol. The minimum Gasteiger partial charge on any atom is -0.366 e. The summed E-state index contributed by atoms with van der Waals surface area (Å²) in [4.78, 5) is 2.40. The van der Waals surface area contributed by atoms with Crippen molar-refractivity contribution in [3.8, 4) is 0 Å². The Balaban J connectivity index is 1.69. The van der Waals surface area contributed by atoms with Crippen molar-refractivity contribution in [3.63, 3.8) is 0 Å². The number of unbranched alkanes of at least 4 members (excludes halogenated alkanes) is 12. The number of ether oxygens (including phenoxy) is 1. The lowest BCUT2D eigenvalue weighted by atomic mass is 10.1. The molecule has 0 saturated carbocycles. The molecule has 1 saturated heterocycles. The van der Waals surface area contributed by atoms with Gasteiger partial charge in [0.15, 0.2) is 0 Å². The summed E-state index contributed by atoms with van der Waals surface area (Å²) in [7, 11) is 0. The lowest BCUT2D eigenvalue weighted by Crippen LogP contribution is -2.44. The van der Waals surface area contributed by atoms with E-state index in [0.29, 0.717) is 0 Å². The first-order valence-electron chi connectivity index (χ1n) is 11.6. The smallest absolute Gasteiger partial charge is 0.0991 e. The fourth-order valence-corrected chi connectivity index (χ4v) is 3.49. The fourth-order valence-electron chi connectivity index (χ4n) is 3.49. The summed E-state index contributed by atoms with van der Waals surface area (Å²) in [6, 6.07) is 0.